The van der Waals surface area contributed by atoms with Crippen molar-refractivity contribution in [3.8, 4) is 0 Å². The minimum absolute atomic E-state index is 0.0185. The maximum Gasteiger partial charge on any atom is 0.245 e. The topological polar surface area (TPSA) is 29.4 Å². The molecule has 0 fully saturated rings. The van der Waals surface area contributed by atoms with Gasteiger partial charge in [-0.1, -0.05) is 6.08 Å². The van der Waals surface area contributed by atoms with Gasteiger partial charge in [0.1, 0.15) is 0 Å². The van der Waals surface area contributed by atoms with Crippen molar-refractivity contribution in [2.45, 2.75) is 12.8 Å². The van der Waals surface area contributed by atoms with Gasteiger partial charge in [-0.25, -0.2) is 4.99 Å². The number of hydrogen-bond acceptors (Lipinski definition) is 1. The second-order valence-electron chi connectivity index (χ2n) is 1.64. The number of carbonyl (C=O) groups excluding carboxylic acids is 1. The molecule has 1 aliphatic rings. The molecule has 1 amide bonds. The first-order chi connectivity index (χ1) is 3.89. The molecule has 0 bridgehead atoms. The van der Waals surface area contributed by atoms with Crippen LogP contribution in [0.25, 0.3) is 0 Å². The SMILES string of the molecule is O=C1CCC=CC=N1. The summed E-state index contributed by atoms with van der Waals surface area (Å²) in [6.07, 6.45) is 6.67. The van der Waals surface area contributed by atoms with Gasteiger partial charge in [-0.15, -0.1) is 0 Å². The Morgan fingerprint density at radius 3 is 3.38 bits per heavy atom. The van der Waals surface area contributed by atoms with Gasteiger partial charge in [0.25, 0.3) is 0 Å². The predicted octanol–water partition coefficient (Wildman–Crippen LogP) is 0.934. The van der Waals surface area contributed by atoms with E-state index < -0.39 is 0 Å². The van der Waals surface area contributed by atoms with Gasteiger partial charge < -0.3 is 0 Å². The molecule has 2 heteroatoms. The Morgan fingerprint density at radius 1 is 1.62 bits per heavy atom. The minimum atomic E-state index is -0.0185. The second-order valence-corrected chi connectivity index (χ2v) is 1.64. The molecule has 8 heavy (non-hydrogen) atoms. The summed E-state index contributed by atoms with van der Waals surface area (Å²) in [5, 5.41) is 0. The van der Waals surface area contributed by atoms with Gasteiger partial charge in [0.15, 0.2) is 0 Å². The average Bonchev–Trinajstić information content (AvgIpc) is 1.94. The summed E-state index contributed by atoms with van der Waals surface area (Å²) in [7, 11) is 0. The average molecular weight is 109 g/mol. The van der Waals surface area contributed by atoms with Crippen LogP contribution in [0.1, 0.15) is 12.8 Å². The first-order valence-corrected chi connectivity index (χ1v) is 2.61. The van der Waals surface area contributed by atoms with E-state index in [1.165, 1.54) is 6.21 Å². The third kappa shape index (κ3) is 1.30. The number of aliphatic imine (C=N–C) groups is 1. The van der Waals surface area contributed by atoms with Crippen LogP contribution in [0.5, 0.6) is 0 Å². The molecule has 0 aromatic heterocycles. The quantitative estimate of drug-likeness (QED) is 0.455. The lowest BCUT2D eigenvalue weighted by atomic mass is 10.3. The van der Waals surface area contributed by atoms with E-state index in [0.717, 1.165) is 6.42 Å². The third-order valence-electron chi connectivity index (χ3n) is 0.966. The summed E-state index contributed by atoms with van der Waals surface area (Å²) in [6, 6.07) is 0. The number of nitrogens with zero attached hydrogens (tertiary/aromatic N) is 1. The fourth-order valence-electron chi connectivity index (χ4n) is 0.555. The molecular formula is C6H7NO. The van der Waals surface area contributed by atoms with Crippen LogP contribution < -0.4 is 0 Å². The molecule has 0 aliphatic carbocycles. The molecule has 1 rings (SSSR count). The van der Waals surface area contributed by atoms with Crippen LogP contribution in [0.15, 0.2) is 17.1 Å². The van der Waals surface area contributed by atoms with E-state index in [9.17, 15) is 4.79 Å². The van der Waals surface area contributed by atoms with Gasteiger partial charge in [0.05, 0.1) is 0 Å². The van der Waals surface area contributed by atoms with Crippen LogP contribution >= 0.6 is 0 Å². The van der Waals surface area contributed by atoms with Crippen molar-refractivity contribution in [3.63, 3.8) is 0 Å². The van der Waals surface area contributed by atoms with Crippen molar-refractivity contribution in [2.24, 2.45) is 4.99 Å². The molecule has 2 nitrogen and oxygen atoms in total. The van der Waals surface area contributed by atoms with E-state index in [2.05, 4.69) is 4.99 Å². The highest BCUT2D eigenvalue weighted by Crippen LogP contribution is 1.95. The van der Waals surface area contributed by atoms with Crippen LogP contribution in [0, 0.1) is 0 Å². The summed E-state index contributed by atoms with van der Waals surface area (Å²) in [5.74, 6) is -0.0185. The summed E-state index contributed by atoms with van der Waals surface area (Å²) < 4.78 is 0. The van der Waals surface area contributed by atoms with Crippen LogP contribution in [-0.2, 0) is 4.79 Å². The molecule has 0 spiro atoms. The first kappa shape index (κ1) is 5.22. The maximum atomic E-state index is 10.4. The lowest BCUT2D eigenvalue weighted by molar-refractivity contribution is -0.117. The highest BCUT2D eigenvalue weighted by atomic mass is 16.1. The summed E-state index contributed by atoms with van der Waals surface area (Å²) in [5.41, 5.74) is 0. The lowest BCUT2D eigenvalue weighted by Gasteiger charge is -1.81. The monoisotopic (exact) mass is 109 g/mol. The summed E-state index contributed by atoms with van der Waals surface area (Å²) in [6.45, 7) is 0. The molecule has 0 saturated carbocycles. The zero-order chi connectivity index (χ0) is 5.82. The van der Waals surface area contributed by atoms with E-state index in [0.29, 0.717) is 6.42 Å². The Hall–Kier alpha value is -0.920. The molecule has 1 aliphatic heterocycles. The Kier molecular flexibility index (Phi) is 1.57. The van der Waals surface area contributed by atoms with Crippen LogP contribution in [0.3, 0.4) is 0 Å². The molecule has 0 radical (unpaired) electrons. The van der Waals surface area contributed by atoms with Gasteiger partial charge in [-0.2, -0.15) is 0 Å². The highest BCUT2D eigenvalue weighted by molar-refractivity contribution is 5.89. The minimum Gasteiger partial charge on any atom is -0.273 e. The zero-order valence-corrected chi connectivity index (χ0v) is 4.50. The van der Waals surface area contributed by atoms with Crippen LogP contribution in [-0.4, -0.2) is 12.1 Å². The number of allylic oxidation sites excluding steroid dienone is 2. The normalized spacial score (nSPS) is 18.8. The van der Waals surface area contributed by atoms with E-state index in [-0.39, 0.29) is 5.91 Å². The first-order valence-electron chi connectivity index (χ1n) is 2.61. The van der Waals surface area contributed by atoms with Crippen molar-refractivity contribution in [1.29, 1.82) is 0 Å². The number of amides is 1. The zero-order valence-electron chi connectivity index (χ0n) is 4.50. The second kappa shape index (κ2) is 2.40. The molecule has 1 heterocycles. The van der Waals surface area contributed by atoms with E-state index in [4.69, 9.17) is 0 Å². The van der Waals surface area contributed by atoms with Gasteiger partial charge in [0, 0.05) is 12.6 Å². The molecule has 0 aromatic rings. The Labute approximate surface area is 47.9 Å². The van der Waals surface area contributed by atoms with Crippen LogP contribution in [0.4, 0.5) is 0 Å². The molecule has 0 aromatic carbocycles. The summed E-state index contributed by atoms with van der Waals surface area (Å²) >= 11 is 0. The number of rotatable bonds is 0. The Morgan fingerprint density at radius 2 is 2.50 bits per heavy atom. The number of carbonyl (C=O) groups is 1. The molecule has 42 valence electrons. The highest BCUT2D eigenvalue weighted by Gasteiger charge is 1.95. The van der Waals surface area contributed by atoms with Crippen molar-refractivity contribution in [2.75, 3.05) is 0 Å². The molecule has 0 atom stereocenters. The standard InChI is InChI=1S/C6H7NO/c8-6-4-2-1-3-5-7-6/h1,3,5H,2,4H2. The Bertz CT molecular complexity index is 147. The van der Waals surface area contributed by atoms with Crippen molar-refractivity contribution >= 4 is 12.1 Å². The Balaban J connectivity index is 2.58. The lowest BCUT2D eigenvalue weighted by Crippen LogP contribution is -1.88. The molecule has 0 N–H and O–H groups in total. The van der Waals surface area contributed by atoms with Gasteiger partial charge in [0.2, 0.25) is 5.91 Å². The van der Waals surface area contributed by atoms with E-state index >= 15 is 0 Å². The van der Waals surface area contributed by atoms with Gasteiger partial charge in [-0.05, 0) is 12.5 Å². The molecule has 0 unspecified atom stereocenters. The molecule has 0 saturated heterocycles. The number of hydrogen-bond donors (Lipinski definition) is 0. The van der Waals surface area contributed by atoms with Crippen molar-refractivity contribution < 1.29 is 4.79 Å². The molecular weight excluding hydrogens is 102 g/mol. The van der Waals surface area contributed by atoms with Gasteiger partial charge >= 0.3 is 0 Å². The van der Waals surface area contributed by atoms with Crippen molar-refractivity contribution in [1.82, 2.24) is 0 Å². The fraction of sp³-hybridized carbons (Fsp3) is 0.333. The smallest absolute Gasteiger partial charge is 0.245 e. The van der Waals surface area contributed by atoms with E-state index in [1.807, 2.05) is 6.08 Å². The fourth-order valence-corrected chi connectivity index (χ4v) is 0.555. The van der Waals surface area contributed by atoms with Gasteiger partial charge in [-0.3, -0.25) is 4.79 Å². The van der Waals surface area contributed by atoms with Crippen molar-refractivity contribution in [3.05, 3.63) is 12.2 Å². The van der Waals surface area contributed by atoms with E-state index in [1.54, 1.807) is 6.08 Å². The third-order valence-corrected chi connectivity index (χ3v) is 0.966. The maximum absolute atomic E-state index is 10.4. The predicted molar refractivity (Wildman–Crippen MR) is 31.9 cm³/mol. The summed E-state index contributed by atoms with van der Waals surface area (Å²) in [4.78, 5) is 14.0. The van der Waals surface area contributed by atoms with Crippen LogP contribution in [0.2, 0.25) is 0 Å². The largest absolute Gasteiger partial charge is 0.273 e.